The molecule has 2 aromatic rings. The first-order valence-electron chi connectivity index (χ1n) is 9.30. The maximum atomic E-state index is 12.8. The van der Waals surface area contributed by atoms with E-state index in [1.165, 1.54) is 43.9 Å². The Hall–Kier alpha value is -1.80. The molecular formula is C23H28OS. The fraction of sp³-hybridized carbons (Fsp3) is 0.348. The van der Waals surface area contributed by atoms with Crippen molar-refractivity contribution < 1.29 is 4.79 Å². The average Bonchev–Trinajstić information content (AvgIpc) is 2.67. The third kappa shape index (κ3) is 7.31. The van der Waals surface area contributed by atoms with Gasteiger partial charge in [0.15, 0.2) is 0 Å². The molecule has 0 aliphatic carbocycles. The number of carbonyl (C=O) groups excluding carboxylic acids is 1. The third-order valence-electron chi connectivity index (χ3n) is 4.15. The van der Waals surface area contributed by atoms with Crippen LogP contribution in [0.5, 0.6) is 0 Å². The average molecular weight is 353 g/mol. The van der Waals surface area contributed by atoms with E-state index in [0.29, 0.717) is 0 Å². The molecule has 0 N–H and O–H groups in total. The largest absolute Gasteiger partial charge is 0.282 e. The summed E-state index contributed by atoms with van der Waals surface area (Å²) in [5, 5.41) is 0.170. The van der Waals surface area contributed by atoms with Crippen LogP contribution in [0.1, 0.15) is 56.6 Å². The van der Waals surface area contributed by atoms with E-state index >= 15 is 0 Å². The lowest BCUT2D eigenvalue weighted by atomic mass is 10.0. The molecule has 25 heavy (non-hydrogen) atoms. The zero-order chi connectivity index (χ0) is 17.7. The van der Waals surface area contributed by atoms with Gasteiger partial charge in [-0.05, 0) is 23.6 Å². The number of thioether (sulfide) groups is 1. The monoisotopic (exact) mass is 352 g/mol. The molecule has 2 aromatic carbocycles. The molecule has 0 atom stereocenters. The lowest BCUT2D eigenvalue weighted by molar-refractivity contribution is -0.106. The first-order chi connectivity index (χ1) is 12.3. The number of carbonyl (C=O) groups is 1. The Morgan fingerprint density at radius 3 is 2.12 bits per heavy atom. The van der Waals surface area contributed by atoms with Crippen LogP contribution in [0, 0.1) is 0 Å². The zero-order valence-corrected chi connectivity index (χ0v) is 15.9. The molecule has 0 aliphatic rings. The van der Waals surface area contributed by atoms with Crippen molar-refractivity contribution in [3.63, 3.8) is 0 Å². The van der Waals surface area contributed by atoms with E-state index < -0.39 is 0 Å². The van der Waals surface area contributed by atoms with Gasteiger partial charge in [-0.2, -0.15) is 0 Å². The Labute approximate surface area is 156 Å². The van der Waals surface area contributed by atoms with Gasteiger partial charge in [0, 0.05) is 11.3 Å². The van der Waals surface area contributed by atoms with Gasteiger partial charge in [0.2, 0.25) is 5.12 Å². The van der Waals surface area contributed by atoms with Crippen LogP contribution in [0.25, 0.3) is 11.6 Å². The van der Waals surface area contributed by atoms with E-state index in [4.69, 9.17) is 0 Å². The van der Waals surface area contributed by atoms with Gasteiger partial charge in [-0.15, -0.1) is 0 Å². The lowest BCUT2D eigenvalue weighted by Crippen LogP contribution is -1.99. The van der Waals surface area contributed by atoms with Crippen molar-refractivity contribution in [2.24, 2.45) is 0 Å². The Morgan fingerprint density at radius 1 is 0.840 bits per heavy atom. The summed E-state index contributed by atoms with van der Waals surface area (Å²) >= 11 is 1.46. The Kier molecular flexibility index (Phi) is 9.14. The molecule has 0 aromatic heterocycles. The lowest BCUT2D eigenvalue weighted by Gasteiger charge is -2.07. The first-order valence-corrected chi connectivity index (χ1v) is 10.3. The molecule has 0 fully saturated rings. The highest BCUT2D eigenvalue weighted by molar-refractivity contribution is 8.14. The standard InChI is InChI=1S/C23H28OS/c1-2-3-4-5-6-13-18-25-23(24)22(21-16-11-8-12-17-21)19-20-14-9-7-10-15-20/h7-12,14-17,19H,2-6,13,18H2,1H3/b22-19+. The molecule has 0 radical (unpaired) electrons. The second-order valence-corrected chi connectivity index (χ2v) is 7.31. The number of benzene rings is 2. The molecule has 2 heteroatoms. The van der Waals surface area contributed by atoms with Crippen molar-refractivity contribution in [2.45, 2.75) is 45.4 Å². The number of unbranched alkanes of at least 4 members (excludes halogenated alkanes) is 5. The summed E-state index contributed by atoms with van der Waals surface area (Å²) in [6, 6.07) is 20.1. The smallest absolute Gasteiger partial charge is 0.219 e. The fourth-order valence-corrected chi connectivity index (χ4v) is 3.58. The van der Waals surface area contributed by atoms with E-state index in [0.717, 1.165) is 28.9 Å². The quantitative estimate of drug-likeness (QED) is 0.264. The highest BCUT2D eigenvalue weighted by Crippen LogP contribution is 2.25. The van der Waals surface area contributed by atoms with Gasteiger partial charge in [-0.3, -0.25) is 4.79 Å². The topological polar surface area (TPSA) is 17.1 Å². The Bertz CT molecular complexity index is 646. The van der Waals surface area contributed by atoms with Crippen molar-refractivity contribution in [2.75, 3.05) is 5.75 Å². The van der Waals surface area contributed by atoms with E-state index in [9.17, 15) is 4.79 Å². The van der Waals surface area contributed by atoms with Crippen molar-refractivity contribution in [3.05, 3.63) is 71.8 Å². The first kappa shape index (κ1) is 19.5. The normalized spacial score (nSPS) is 11.5. The minimum atomic E-state index is 0.170. The van der Waals surface area contributed by atoms with Crippen LogP contribution < -0.4 is 0 Å². The predicted molar refractivity (Wildman–Crippen MR) is 112 cm³/mol. The predicted octanol–water partition coefficient (Wildman–Crippen LogP) is 6.85. The van der Waals surface area contributed by atoms with E-state index in [1.807, 2.05) is 66.7 Å². The molecule has 0 spiro atoms. The van der Waals surface area contributed by atoms with Crippen LogP contribution >= 0.6 is 11.8 Å². The van der Waals surface area contributed by atoms with E-state index in [1.54, 1.807) is 0 Å². The highest BCUT2D eigenvalue weighted by atomic mass is 32.2. The summed E-state index contributed by atoms with van der Waals surface area (Å²) in [6.07, 6.45) is 9.55. The van der Waals surface area contributed by atoms with Crippen LogP contribution in [-0.2, 0) is 4.79 Å². The summed E-state index contributed by atoms with van der Waals surface area (Å²) in [5.74, 6) is 0.907. The molecule has 1 nitrogen and oxygen atoms in total. The van der Waals surface area contributed by atoms with Gasteiger partial charge in [0.05, 0.1) is 0 Å². The van der Waals surface area contributed by atoms with Crippen LogP contribution in [-0.4, -0.2) is 10.9 Å². The van der Waals surface area contributed by atoms with Crippen LogP contribution in [0.15, 0.2) is 60.7 Å². The SMILES string of the molecule is CCCCCCCCSC(=O)/C(=C/c1ccccc1)c1ccccc1. The second kappa shape index (κ2) is 11.7. The van der Waals surface area contributed by atoms with Crippen molar-refractivity contribution in [3.8, 4) is 0 Å². The zero-order valence-electron chi connectivity index (χ0n) is 15.1. The molecular weight excluding hydrogens is 324 g/mol. The second-order valence-electron chi connectivity index (χ2n) is 6.24. The van der Waals surface area contributed by atoms with E-state index in [-0.39, 0.29) is 5.12 Å². The minimum Gasteiger partial charge on any atom is -0.282 e. The summed E-state index contributed by atoms with van der Waals surface area (Å²) in [4.78, 5) is 12.8. The summed E-state index contributed by atoms with van der Waals surface area (Å²) in [5.41, 5.74) is 2.85. The van der Waals surface area contributed by atoms with E-state index in [2.05, 4.69) is 6.92 Å². The molecule has 0 unspecified atom stereocenters. The molecule has 132 valence electrons. The molecule has 0 saturated heterocycles. The third-order valence-corrected chi connectivity index (χ3v) is 5.12. The molecule has 0 heterocycles. The van der Waals surface area contributed by atoms with Crippen LogP contribution in [0.4, 0.5) is 0 Å². The van der Waals surface area contributed by atoms with Gasteiger partial charge in [0.25, 0.3) is 0 Å². The molecule has 0 aliphatic heterocycles. The van der Waals surface area contributed by atoms with Gasteiger partial charge in [0.1, 0.15) is 0 Å². The Balaban J connectivity index is 1.96. The molecule has 0 amide bonds. The van der Waals surface area contributed by atoms with Crippen molar-refractivity contribution in [1.82, 2.24) is 0 Å². The Morgan fingerprint density at radius 2 is 1.44 bits per heavy atom. The minimum absolute atomic E-state index is 0.170. The van der Waals surface area contributed by atoms with Crippen LogP contribution in [0.3, 0.4) is 0 Å². The highest BCUT2D eigenvalue weighted by Gasteiger charge is 2.12. The van der Waals surface area contributed by atoms with Crippen LogP contribution in [0.2, 0.25) is 0 Å². The molecule has 0 saturated carbocycles. The summed E-state index contributed by atoms with van der Waals surface area (Å²) < 4.78 is 0. The maximum Gasteiger partial charge on any atom is 0.219 e. The number of hydrogen-bond acceptors (Lipinski definition) is 2. The molecule has 2 rings (SSSR count). The van der Waals surface area contributed by atoms with Crippen molar-refractivity contribution >= 4 is 28.5 Å². The summed E-state index contributed by atoms with van der Waals surface area (Å²) in [6.45, 7) is 2.23. The number of hydrogen-bond donors (Lipinski definition) is 0. The fourth-order valence-electron chi connectivity index (χ4n) is 2.72. The number of rotatable bonds is 10. The van der Waals surface area contributed by atoms with Gasteiger partial charge in [-0.25, -0.2) is 0 Å². The maximum absolute atomic E-state index is 12.8. The molecule has 0 bridgehead atoms. The van der Waals surface area contributed by atoms with Gasteiger partial charge < -0.3 is 0 Å². The summed E-state index contributed by atoms with van der Waals surface area (Å²) in [7, 11) is 0. The van der Waals surface area contributed by atoms with Gasteiger partial charge in [-0.1, -0.05) is 111 Å². The van der Waals surface area contributed by atoms with Gasteiger partial charge >= 0.3 is 0 Å². The van der Waals surface area contributed by atoms with Crippen molar-refractivity contribution in [1.29, 1.82) is 0 Å².